The van der Waals surface area contributed by atoms with Crippen molar-refractivity contribution in [3.63, 3.8) is 0 Å². The Bertz CT molecular complexity index is 1390. The summed E-state index contributed by atoms with van der Waals surface area (Å²) in [6.45, 7) is 5.52. The van der Waals surface area contributed by atoms with Crippen molar-refractivity contribution < 1.29 is 18.7 Å². The van der Waals surface area contributed by atoms with Gasteiger partial charge in [-0.1, -0.05) is 29.8 Å². The Kier molecular flexibility index (Phi) is 6.89. The van der Waals surface area contributed by atoms with Crippen LogP contribution in [0.5, 0.6) is 0 Å². The zero-order valence-corrected chi connectivity index (χ0v) is 20.4. The molecule has 0 bridgehead atoms. The van der Waals surface area contributed by atoms with Crippen molar-refractivity contribution in [3.8, 4) is 16.9 Å². The molecule has 180 valence electrons. The molecule has 3 aromatic carbocycles. The molecule has 6 nitrogen and oxygen atoms in total. The summed E-state index contributed by atoms with van der Waals surface area (Å²) in [7, 11) is 0. The van der Waals surface area contributed by atoms with Gasteiger partial charge in [-0.3, -0.25) is 9.59 Å². The molecule has 0 aliphatic heterocycles. The number of hydrogen-bond acceptors (Lipinski definition) is 4. The molecule has 0 unspecified atom stereocenters. The second kappa shape index (κ2) is 9.88. The average Bonchev–Trinajstić information content (AvgIpc) is 3.17. The standard InChI is InChI=1S/C27H25ClFN3O3/c1-27(2,3)35-24(33)14-15-30-26(34)17-8-13-21-23(16-17)32(19-11-9-18(29)10-12-19)31-25(21)20-6-4-5-7-22(20)28/h4-13,16H,14-15H2,1-3H3,(H,30,34). The number of esters is 1. The molecular formula is C27H25ClFN3O3. The smallest absolute Gasteiger partial charge is 0.308 e. The van der Waals surface area contributed by atoms with E-state index in [0.29, 0.717) is 27.5 Å². The lowest BCUT2D eigenvalue weighted by atomic mass is 10.1. The SMILES string of the molecule is CC(C)(C)OC(=O)CCNC(=O)c1ccc2c(-c3ccccc3Cl)nn(-c3ccc(F)cc3)c2c1. The summed E-state index contributed by atoms with van der Waals surface area (Å²) >= 11 is 6.44. The first kappa shape index (κ1) is 24.4. The van der Waals surface area contributed by atoms with E-state index in [0.717, 1.165) is 10.9 Å². The van der Waals surface area contributed by atoms with E-state index in [4.69, 9.17) is 21.4 Å². The van der Waals surface area contributed by atoms with Crippen molar-refractivity contribution in [1.82, 2.24) is 15.1 Å². The van der Waals surface area contributed by atoms with Crippen LogP contribution >= 0.6 is 11.6 Å². The highest BCUT2D eigenvalue weighted by atomic mass is 35.5. The molecule has 4 rings (SSSR count). The number of benzene rings is 3. The fraction of sp³-hybridized carbons (Fsp3) is 0.222. The molecule has 8 heteroatoms. The van der Waals surface area contributed by atoms with Gasteiger partial charge in [0.25, 0.3) is 5.91 Å². The Labute approximate surface area is 207 Å². The maximum atomic E-state index is 13.5. The van der Waals surface area contributed by atoms with E-state index in [2.05, 4.69) is 5.32 Å². The maximum Gasteiger partial charge on any atom is 0.308 e. The highest BCUT2D eigenvalue weighted by molar-refractivity contribution is 6.33. The van der Waals surface area contributed by atoms with Crippen LogP contribution in [0.2, 0.25) is 5.02 Å². The van der Waals surface area contributed by atoms with Gasteiger partial charge < -0.3 is 10.1 Å². The van der Waals surface area contributed by atoms with Crippen LogP contribution in [0.4, 0.5) is 4.39 Å². The van der Waals surface area contributed by atoms with Crippen LogP contribution in [-0.4, -0.2) is 33.8 Å². The van der Waals surface area contributed by atoms with Crippen molar-refractivity contribution in [2.24, 2.45) is 0 Å². The number of hydrogen-bond donors (Lipinski definition) is 1. The number of rotatable bonds is 6. The molecule has 0 aliphatic carbocycles. The third kappa shape index (κ3) is 5.69. The third-order valence-corrected chi connectivity index (χ3v) is 5.51. The largest absolute Gasteiger partial charge is 0.460 e. The number of nitrogens with one attached hydrogen (secondary N) is 1. The Morgan fingerprint density at radius 1 is 1.06 bits per heavy atom. The van der Waals surface area contributed by atoms with Crippen molar-refractivity contribution in [2.45, 2.75) is 32.8 Å². The lowest BCUT2D eigenvalue weighted by Crippen LogP contribution is -2.29. The summed E-state index contributed by atoms with van der Waals surface area (Å²) < 4.78 is 20.5. The number of carbonyl (C=O) groups excluding carboxylic acids is 2. The molecule has 0 saturated carbocycles. The number of amides is 1. The quantitative estimate of drug-likeness (QED) is 0.337. The van der Waals surface area contributed by atoms with E-state index in [1.165, 1.54) is 12.1 Å². The van der Waals surface area contributed by atoms with Crippen LogP contribution in [0.25, 0.3) is 27.8 Å². The fourth-order valence-electron chi connectivity index (χ4n) is 3.66. The molecular weight excluding hydrogens is 469 g/mol. The van der Waals surface area contributed by atoms with Crippen LogP contribution < -0.4 is 5.32 Å². The first-order valence-electron chi connectivity index (χ1n) is 11.2. The van der Waals surface area contributed by atoms with Gasteiger partial charge in [-0.25, -0.2) is 9.07 Å². The van der Waals surface area contributed by atoms with Gasteiger partial charge in [-0.15, -0.1) is 0 Å². The lowest BCUT2D eigenvalue weighted by Gasteiger charge is -2.19. The van der Waals surface area contributed by atoms with Gasteiger partial charge in [-0.2, -0.15) is 5.10 Å². The topological polar surface area (TPSA) is 73.2 Å². The Balaban J connectivity index is 1.67. The molecule has 35 heavy (non-hydrogen) atoms. The monoisotopic (exact) mass is 493 g/mol. The first-order chi connectivity index (χ1) is 16.6. The summed E-state index contributed by atoms with van der Waals surface area (Å²) in [5.41, 5.74) is 2.50. The van der Waals surface area contributed by atoms with Gasteiger partial charge in [0.2, 0.25) is 0 Å². The predicted molar refractivity (Wildman–Crippen MR) is 134 cm³/mol. The van der Waals surface area contributed by atoms with E-state index in [1.54, 1.807) is 55.8 Å². The van der Waals surface area contributed by atoms with Gasteiger partial charge >= 0.3 is 5.97 Å². The van der Waals surface area contributed by atoms with Crippen molar-refractivity contribution in [1.29, 1.82) is 0 Å². The zero-order valence-electron chi connectivity index (χ0n) is 19.6. The molecule has 1 N–H and O–H groups in total. The summed E-state index contributed by atoms with van der Waals surface area (Å²) in [4.78, 5) is 24.7. The maximum absolute atomic E-state index is 13.5. The molecule has 1 amide bonds. The summed E-state index contributed by atoms with van der Waals surface area (Å²) in [5, 5.41) is 8.84. The number of aromatic nitrogens is 2. The third-order valence-electron chi connectivity index (χ3n) is 5.18. The van der Waals surface area contributed by atoms with E-state index >= 15 is 0 Å². The van der Waals surface area contributed by atoms with Crippen LogP contribution in [0.3, 0.4) is 0 Å². The fourth-order valence-corrected chi connectivity index (χ4v) is 3.89. The summed E-state index contributed by atoms with van der Waals surface area (Å²) in [6.07, 6.45) is 0.0649. The average molecular weight is 494 g/mol. The van der Waals surface area contributed by atoms with Crippen LogP contribution in [0.15, 0.2) is 66.7 Å². The first-order valence-corrected chi connectivity index (χ1v) is 11.5. The molecule has 1 heterocycles. The molecule has 0 aliphatic rings. The molecule has 1 aromatic heterocycles. The molecule has 0 spiro atoms. The van der Waals surface area contributed by atoms with E-state index in [9.17, 15) is 14.0 Å². The second-order valence-electron chi connectivity index (χ2n) is 9.04. The summed E-state index contributed by atoms with van der Waals surface area (Å²) in [5.74, 6) is -1.07. The van der Waals surface area contributed by atoms with Crippen molar-refractivity contribution >= 4 is 34.4 Å². The van der Waals surface area contributed by atoms with E-state index in [1.807, 2.05) is 24.3 Å². The second-order valence-corrected chi connectivity index (χ2v) is 9.45. The molecule has 4 aromatic rings. The number of halogens is 2. The molecule has 0 fully saturated rings. The Hall–Kier alpha value is -3.71. The van der Waals surface area contributed by atoms with E-state index < -0.39 is 5.60 Å². The predicted octanol–water partition coefficient (Wildman–Crippen LogP) is 5.95. The molecule has 0 radical (unpaired) electrons. The van der Waals surface area contributed by atoms with Crippen molar-refractivity contribution in [3.05, 3.63) is 83.1 Å². The highest BCUT2D eigenvalue weighted by Crippen LogP contribution is 2.34. The minimum atomic E-state index is -0.579. The van der Waals surface area contributed by atoms with Gasteiger partial charge in [0.1, 0.15) is 17.1 Å². The molecule has 0 saturated heterocycles. The molecule has 0 atom stereocenters. The number of nitrogens with zero attached hydrogens (tertiary/aromatic N) is 2. The summed E-state index contributed by atoms with van der Waals surface area (Å²) in [6, 6.07) is 18.5. The minimum absolute atomic E-state index is 0.0649. The highest BCUT2D eigenvalue weighted by Gasteiger charge is 2.19. The van der Waals surface area contributed by atoms with E-state index in [-0.39, 0.29) is 30.7 Å². The van der Waals surface area contributed by atoms with Crippen LogP contribution in [0, 0.1) is 5.82 Å². The normalized spacial score (nSPS) is 11.5. The van der Waals surface area contributed by atoms with Gasteiger partial charge in [0.05, 0.1) is 22.6 Å². The van der Waals surface area contributed by atoms with Crippen LogP contribution in [0.1, 0.15) is 37.6 Å². The van der Waals surface area contributed by atoms with Gasteiger partial charge in [0.15, 0.2) is 0 Å². The number of fused-ring (bicyclic) bond motifs is 1. The minimum Gasteiger partial charge on any atom is -0.460 e. The van der Waals surface area contributed by atoms with Gasteiger partial charge in [0, 0.05) is 23.1 Å². The zero-order chi connectivity index (χ0) is 25.2. The van der Waals surface area contributed by atoms with Gasteiger partial charge in [-0.05, 0) is 69.3 Å². The Morgan fingerprint density at radius 2 is 1.77 bits per heavy atom. The number of ether oxygens (including phenoxy) is 1. The number of carbonyl (C=O) groups is 2. The van der Waals surface area contributed by atoms with Crippen LogP contribution in [-0.2, 0) is 9.53 Å². The van der Waals surface area contributed by atoms with Crippen molar-refractivity contribution in [2.75, 3.05) is 6.54 Å². The lowest BCUT2D eigenvalue weighted by molar-refractivity contribution is -0.154. The Morgan fingerprint density at radius 3 is 2.46 bits per heavy atom.